The summed E-state index contributed by atoms with van der Waals surface area (Å²) in [5, 5.41) is 14.6. The van der Waals surface area contributed by atoms with Gasteiger partial charge in [-0.2, -0.15) is 0 Å². The van der Waals surface area contributed by atoms with Gasteiger partial charge in [-0.25, -0.2) is 0 Å². The summed E-state index contributed by atoms with van der Waals surface area (Å²) in [6.45, 7) is 6.83. The highest BCUT2D eigenvalue weighted by molar-refractivity contribution is 5.87. The summed E-state index contributed by atoms with van der Waals surface area (Å²) < 4.78 is 0. The third kappa shape index (κ3) is 21.0. The normalized spacial score (nSPS) is 12.0. The predicted octanol–water partition coefficient (Wildman–Crippen LogP) is 6.76. The van der Waals surface area contributed by atoms with Crippen molar-refractivity contribution >= 4 is 17.8 Å². The van der Waals surface area contributed by atoms with Crippen molar-refractivity contribution in [3.05, 3.63) is 0 Å². The van der Waals surface area contributed by atoms with Crippen molar-refractivity contribution < 1.29 is 19.5 Å². The Bertz CT molecular complexity index is 523. The fraction of sp³-hybridized carbons (Fsp3) is 0.893. The van der Waals surface area contributed by atoms with E-state index >= 15 is 0 Å². The van der Waals surface area contributed by atoms with Gasteiger partial charge in [0.1, 0.15) is 6.04 Å². The molecule has 0 radical (unpaired) electrons. The molecule has 0 aliphatic carbocycles. The minimum Gasteiger partial charge on any atom is -0.481 e. The molecule has 6 nitrogen and oxygen atoms in total. The predicted molar refractivity (Wildman–Crippen MR) is 141 cm³/mol. The molecule has 0 aromatic heterocycles. The lowest BCUT2D eigenvalue weighted by Gasteiger charge is -2.21. The number of carbonyl (C=O) groups excluding carboxylic acids is 2. The van der Waals surface area contributed by atoms with Crippen molar-refractivity contribution in [1.82, 2.24) is 10.6 Å². The molecule has 0 heterocycles. The van der Waals surface area contributed by atoms with Crippen LogP contribution >= 0.6 is 0 Å². The van der Waals surface area contributed by atoms with Crippen LogP contribution in [0.4, 0.5) is 0 Å². The maximum Gasteiger partial charge on any atom is 0.303 e. The molecule has 0 fully saturated rings. The summed E-state index contributed by atoms with van der Waals surface area (Å²) in [5.74, 6) is -0.734. The zero-order valence-corrected chi connectivity index (χ0v) is 22.5. The number of unbranched alkanes of at least 4 members (excludes halogenated alkanes) is 15. The first kappa shape index (κ1) is 32.4. The molecule has 0 saturated heterocycles. The Morgan fingerprint density at radius 1 is 0.647 bits per heavy atom. The van der Waals surface area contributed by atoms with Crippen molar-refractivity contribution in [1.29, 1.82) is 0 Å². The zero-order chi connectivity index (χ0) is 25.4. The molecule has 0 rings (SSSR count). The second kappa shape index (κ2) is 23.2. The number of nitrogens with one attached hydrogen (secondary N) is 2. The second-order valence-electron chi connectivity index (χ2n) is 10.1. The number of carboxylic acid groups (broad SMARTS) is 1. The van der Waals surface area contributed by atoms with Crippen LogP contribution in [-0.4, -0.2) is 35.5 Å². The van der Waals surface area contributed by atoms with Crippen molar-refractivity contribution in [3.63, 3.8) is 0 Å². The van der Waals surface area contributed by atoms with Gasteiger partial charge in [-0.05, 0) is 25.2 Å². The molecular formula is C28H54N2O4. The first-order valence-electron chi connectivity index (χ1n) is 14.2. The van der Waals surface area contributed by atoms with Gasteiger partial charge in [-0.15, -0.1) is 0 Å². The molecule has 0 spiro atoms. The van der Waals surface area contributed by atoms with Crippen LogP contribution in [-0.2, 0) is 14.4 Å². The smallest absolute Gasteiger partial charge is 0.303 e. The highest BCUT2D eigenvalue weighted by atomic mass is 16.4. The Hall–Kier alpha value is -1.59. The number of carbonyl (C=O) groups is 3. The largest absolute Gasteiger partial charge is 0.481 e. The number of rotatable bonds is 24. The Morgan fingerprint density at radius 3 is 1.56 bits per heavy atom. The van der Waals surface area contributed by atoms with E-state index in [9.17, 15) is 14.4 Å². The summed E-state index contributed by atoms with van der Waals surface area (Å²) in [6.07, 6.45) is 20.1. The third-order valence-corrected chi connectivity index (χ3v) is 6.39. The minimum atomic E-state index is -0.708. The van der Waals surface area contributed by atoms with Crippen LogP contribution in [0.15, 0.2) is 0 Å². The second-order valence-corrected chi connectivity index (χ2v) is 10.1. The van der Waals surface area contributed by atoms with E-state index in [1.807, 2.05) is 13.8 Å². The fourth-order valence-corrected chi connectivity index (χ4v) is 4.16. The first-order valence-corrected chi connectivity index (χ1v) is 14.2. The summed E-state index contributed by atoms with van der Waals surface area (Å²) in [4.78, 5) is 35.4. The van der Waals surface area contributed by atoms with Gasteiger partial charge in [0.15, 0.2) is 0 Å². The average molecular weight is 483 g/mol. The molecule has 3 N–H and O–H groups in total. The monoisotopic (exact) mass is 482 g/mol. The van der Waals surface area contributed by atoms with Gasteiger partial charge in [0.05, 0.1) is 0 Å². The molecule has 0 bridgehead atoms. The van der Waals surface area contributed by atoms with Crippen LogP contribution < -0.4 is 10.6 Å². The van der Waals surface area contributed by atoms with Gasteiger partial charge < -0.3 is 15.7 Å². The molecule has 200 valence electrons. The van der Waals surface area contributed by atoms with E-state index in [-0.39, 0.29) is 24.2 Å². The Balaban J connectivity index is 3.79. The lowest BCUT2D eigenvalue weighted by atomic mass is 10.0. The van der Waals surface area contributed by atoms with E-state index in [1.165, 1.54) is 44.9 Å². The van der Waals surface area contributed by atoms with Crippen LogP contribution in [0.2, 0.25) is 0 Å². The number of carboxylic acids is 1. The highest BCUT2D eigenvalue weighted by Gasteiger charge is 2.23. The molecule has 2 amide bonds. The van der Waals surface area contributed by atoms with E-state index < -0.39 is 12.0 Å². The van der Waals surface area contributed by atoms with Gasteiger partial charge in [0.25, 0.3) is 0 Å². The molecule has 0 aliphatic rings. The van der Waals surface area contributed by atoms with Crippen LogP contribution in [0.5, 0.6) is 0 Å². The lowest BCUT2D eigenvalue weighted by Crippen LogP contribution is -2.49. The highest BCUT2D eigenvalue weighted by Crippen LogP contribution is 2.12. The SMILES string of the molecule is CCCCCCCCCCCC(=O)N[C@H](C(=O)NCCCCCCCCCCC(=O)O)C(C)C. The third-order valence-electron chi connectivity index (χ3n) is 6.39. The summed E-state index contributed by atoms with van der Waals surface area (Å²) in [5.41, 5.74) is 0. The van der Waals surface area contributed by atoms with E-state index in [2.05, 4.69) is 17.6 Å². The minimum absolute atomic E-state index is 0.0137. The molecule has 0 unspecified atom stereocenters. The standard InChI is InChI=1S/C28H54N2O4/c1-4-5-6-7-8-9-12-15-18-21-25(31)30-27(24(2)3)28(34)29-23-20-17-14-11-10-13-16-19-22-26(32)33/h24,27H,4-23H2,1-3H3,(H,29,34)(H,30,31)(H,32,33)/t27-/m0/s1. The molecule has 0 aromatic rings. The van der Waals surface area contributed by atoms with Gasteiger partial charge in [0.2, 0.25) is 11.8 Å². The van der Waals surface area contributed by atoms with Crippen molar-refractivity contribution in [2.45, 2.75) is 149 Å². The van der Waals surface area contributed by atoms with Crippen LogP contribution in [0.1, 0.15) is 143 Å². The number of amides is 2. The summed E-state index contributed by atoms with van der Waals surface area (Å²) in [7, 11) is 0. The first-order chi connectivity index (χ1) is 16.4. The topological polar surface area (TPSA) is 95.5 Å². The molecule has 0 aliphatic heterocycles. The summed E-state index contributed by atoms with van der Waals surface area (Å²) >= 11 is 0. The zero-order valence-electron chi connectivity index (χ0n) is 22.5. The van der Waals surface area contributed by atoms with E-state index in [0.717, 1.165) is 64.2 Å². The van der Waals surface area contributed by atoms with Gasteiger partial charge in [0, 0.05) is 19.4 Å². The van der Waals surface area contributed by atoms with E-state index in [1.54, 1.807) is 0 Å². The Morgan fingerprint density at radius 2 is 1.09 bits per heavy atom. The summed E-state index contributed by atoms with van der Waals surface area (Å²) in [6, 6.07) is -0.461. The average Bonchev–Trinajstić information content (AvgIpc) is 2.79. The molecule has 1 atom stereocenters. The van der Waals surface area contributed by atoms with Crippen molar-refractivity contribution in [2.24, 2.45) is 5.92 Å². The van der Waals surface area contributed by atoms with Crippen LogP contribution in [0.3, 0.4) is 0 Å². The van der Waals surface area contributed by atoms with Gasteiger partial charge >= 0.3 is 5.97 Å². The van der Waals surface area contributed by atoms with Gasteiger partial charge in [-0.1, -0.05) is 111 Å². The van der Waals surface area contributed by atoms with Crippen molar-refractivity contribution in [3.8, 4) is 0 Å². The molecule has 0 saturated carbocycles. The number of aliphatic carboxylic acids is 1. The Labute approximate surface area is 209 Å². The molecule has 34 heavy (non-hydrogen) atoms. The number of hydrogen-bond acceptors (Lipinski definition) is 3. The lowest BCUT2D eigenvalue weighted by molar-refractivity contribution is -0.137. The maximum absolute atomic E-state index is 12.6. The Kier molecular flexibility index (Phi) is 22.1. The molecular weight excluding hydrogens is 428 g/mol. The van der Waals surface area contributed by atoms with Crippen LogP contribution in [0, 0.1) is 5.92 Å². The fourth-order valence-electron chi connectivity index (χ4n) is 4.16. The maximum atomic E-state index is 12.6. The molecule has 6 heteroatoms. The van der Waals surface area contributed by atoms with Gasteiger partial charge in [-0.3, -0.25) is 14.4 Å². The number of hydrogen-bond donors (Lipinski definition) is 3. The van der Waals surface area contributed by atoms with Crippen LogP contribution in [0.25, 0.3) is 0 Å². The van der Waals surface area contributed by atoms with Crippen molar-refractivity contribution in [2.75, 3.05) is 6.54 Å². The molecule has 0 aromatic carbocycles. The van der Waals surface area contributed by atoms with E-state index in [4.69, 9.17) is 5.11 Å². The van der Waals surface area contributed by atoms with E-state index in [0.29, 0.717) is 13.0 Å². The quantitative estimate of drug-likeness (QED) is 0.132.